The number of unbranched alkanes of at least 4 members (excludes halogenated alkanes) is 1. The molecule has 0 bridgehead atoms. The van der Waals surface area contributed by atoms with E-state index >= 15 is 0 Å². The lowest BCUT2D eigenvalue weighted by Gasteiger charge is -1.97. The first-order valence-corrected chi connectivity index (χ1v) is 4.29. The Bertz CT molecular complexity index is 114. The van der Waals surface area contributed by atoms with E-state index in [2.05, 4.69) is 32.6 Å². The van der Waals surface area contributed by atoms with Crippen LogP contribution in [0.3, 0.4) is 0 Å². The van der Waals surface area contributed by atoms with E-state index in [1.807, 2.05) is 0 Å². The van der Waals surface area contributed by atoms with E-state index in [9.17, 15) is 0 Å². The highest BCUT2D eigenvalue weighted by molar-refractivity contribution is 5.01. The van der Waals surface area contributed by atoms with Crippen LogP contribution in [0.5, 0.6) is 0 Å². The van der Waals surface area contributed by atoms with Crippen LogP contribution in [0.4, 0.5) is 0 Å². The van der Waals surface area contributed by atoms with Crippen LogP contribution in [0.25, 0.3) is 0 Å². The predicted octanol–water partition coefficient (Wildman–Crippen LogP) is 3.23. The molecule has 0 amide bonds. The van der Waals surface area contributed by atoms with Gasteiger partial charge in [-0.2, -0.15) is 0 Å². The van der Waals surface area contributed by atoms with Crippen molar-refractivity contribution in [2.24, 2.45) is 5.92 Å². The van der Waals surface area contributed by atoms with Gasteiger partial charge in [0.15, 0.2) is 0 Å². The van der Waals surface area contributed by atoms with E-state index in [1.54, 1.807) is 0 Å². The lowest BCUT2D eigenvalue weighted by molar-refractivity contribution is 0.652. The van der Waals surface area contributed by atoms with Crippen molar-refractivity contribution >= 4 is 0 Å². The molecule has 0 heterocycles. The Kier molecular flexibility index (Phi) is 6.38. The minimum atomic E-state index is 0.608. The first kappa shape index (κ1) is 9.56. The van der Waals surface area contributed by atoms with Gasteiger partial charge in [-0.15, -0.1) is 11.8 Å². The van der Waals surface area contributed by atoms with Crippen LogP contribution >= 0.6 is 0 Å². The number of hydrogen-bond acceptors (Lipinski definition) is 0. The summed E-state index contributed by atoms with van der Waals surface area (Å²) in [7, 11) is 0. The molecule has 1 unspecified atom stereocenters. The van der Waals surface area contributed by atoms with Crippen LogP contribution in [0.15, 0.2) is 0 Å². The number of hydrogen-bond donors (Lipinski definition) is 0. The third-order valence-electron chi connectivity index (χ3n) is 1.45. The van der Waals surface area contributed by atoms with Crippen molar-refractivity contribution in [3.63, 3.8) is 0 Å². The molecule has 0 radical (unpaired) electrons. The summed E-state index contributed by atoms with van der Waals surface area (Å²) in [5.41, 5.74) is 0. The highest BCUT2D eigenvalue weighted by Crippen LogP contribution is 2.02. The molecule has 0 aliphatic carbocycles. The first-order valence-electron chi connectivity index (χ1n) is 4.29. The van der Waals surface area contributed by atoms with Gasteiger partial charge in [-0.3, -0.25) is 0 Å². The van der Waals surface area contributed by atoms with E-state index in [-0.39, 0.29) is 0 Å². The molecule has 0 rings (SSSR count). The third-order valence-corrected chi connectivity index (χ3v) is 1.45. The van der Waals surface area contributed by atoms with Crippen LogP contribution < -0.4 is 0 Å². The average Bonchev–Trinajstić information content (AvgIpc) is 1.89. The Labute approximate surface area is 65.0 Å². The topological polar surface area (TPSA) is 0 Å². The normalized spacial score (nSPS) is 11.9. The molecule has 58 valence electrons. The molecule has 10 heavy (non-hydrogen) atoms. The molecule has 0 aliphatic heterocycles. The second kappa shape index (κ2) is 6.68. The van der Waals surface area contributed by atoms with Crippen LogP contribution in [0.1, 0.15) is 46.5 Å². The summed E-state index contributed by atoms with van der Waals surface area (Å²) >= 11 is 0. The van der Waals surface area contributed by atoms with Gasteiger partial charge in [-0.1, -0.05) is 27.2 Å². The maximum atomic E-state index is 3.23. The van der Waals surface area contributed by atoms with Gasteiger partial charge < -0.3 is 0 Å². The quantitative estimate of drug-likeness (QED) is 0.525. The van der Waals surface area contributed by atoms with Gasteiger partial charge in [0.25, 0.3) is 0 Å². The van der Waals surface area contributed by atoms with Gasteiger partial charge in [-0.25, -0.2) is 0 Å². The summed E-state index contributed by atoms with van der Waals surface area (Å²) in [6, 6.07) is 0. The highest BCUT2D eigenvalue weighted by Gasteiger charge is 1.91. The predicted molar refractivity (Wildman–Crippen MR) is 46.8 cm³/mol. The molecule has 0 saturated carbocycles. The Hall–Kier alpha value is -0.440. The van der Waals surface area contributed by atoms with Crippen LogP contribution in [0.2, 0.25) is 0 Å². The zero-order valence-corrected chi connectivity index (χ0v) is 7.41. The van der Waals surface area contributed by atoms with Crippen molar-refractivity contribution in [3.8, 4) is 11.8 Å². The van der Waals surface area contributed by atoms with E-state index in [1.165, 1.54) is 19.3 Å². The molecule has 0 spiro atoms. The van der Waals surface area contributed by atoms with Crippen molar-refractivity contribution in [2.75, 3.05) is 0 Å². The number of rotatable bonds is 3. The maximum Gasteiger partial charge on any atom is 0.0174 e. The van der Waals surface area contributed by atoms with Crippen molar-refractivity contribution < 1.29 is 0 Å². The molecule has 0 aliphatic rings. The summed E-state index contributed by atoms with van der Waals surface area (Å²) in [6.45, 7) is 6.57. The molecular formula is C10H18. The SMILES string of the molecule is CCCC#CC(C)CCC. The van der Waals surface area contributed by atoms with Gasteiger partial charge in [0, 0.05) is 12.3 Å². The zero-order valence-electron chi connectivity index (χ0n) is 7.41. The van der Waals surface area contributed by atoms with Crippen molar-refractivity contribution in [1.29, 1.82) is 0 Å². The maximum absolute atomic E-state index is 3.23. The summed E-state index contributed by atoms with van der Waals surface area (Å²) in [6.07, 6.45) is 4.75. The van der Waals surface area contributed by atoms with E-state index in [0.717, 1.165) is 6.42 Å². The van der Waals surface area contributed by atoms with Crippen LogP contribution in [0, 0.1) is 17.8 Å². The van der Waals surface area contributed by atoms with Crippen LogP contribution in [-0.2, 0) is 0 Å². The van der Waals surface area contributed by atoms with E-state index < -0.39 is 0 Å². The van der Waals surface area contributed by atoms with Crippen molar-refractivity contribution in [1.82, 2.24) is 0 Å². The van der Waals surface area contributed by atoms with Gasteiger partial charge in [-0.05, 0) is 12.8 Å². The minimum absolute atomic E-state index is 0.608. The molecular weight excluding hydrogens is 120 g/mol. The fraction of sp³-hybridized carbons (Fsp3) is 0.800. The standard InChI is InChI=1S/C10H18/c1-4-6-7-9-10(3)8-5-2/h10H,4-6,8H2,1-3H3. The van der Waals surface area contributed by atoms with Crippen LogP contribution in [-0.4, -0.2) is 0 Å². The minimum Gasteiger partial charge on any atom is -0.103 e. The molecule has 0 saturated heterocycles. The smallest absolute Gasteiger partial charge is 0.0174 e. The fourth-order valence-corrected chi connectivity index (χ4v) is 0.877. The van der Waals surface area contributed by atoms with Gasteiger partial charge in [0.1, 0.15) is 0 Å². The third kappa shape index (κ3) is 5.69. The second-order valence-corrected chi connectivity index (χ2v) is 2.76. The van der Waals surface area contributed by atoms with Crippen molar-refractivity contribution in [2.45, 2.75) is 46.5 Å². The lowest BCUT2D eigenvalue weighted by Crippen LogP contribution is -1.87. The van der Waals surface area contributed by atoms with E-state index in [4.69, 9.17) is 0 Å². The van der Waals surface area contributed by atoms with Gasteiger partial charge in [0.2, 0.25) is 0 Å². The Morgan fingerprint density at radius 1 is 1.20 bits per heavy atom. The summed E-state index contributed by atoms with van der Waals surface area (Å²) in [4.78, 5) is 0. The summed E-state index contributed by atoms with van der Waals surface area (Å²) < 4.78 is 0. The average molecular weight is 138 g/mol. The van der Waals surface area contributed by atoms with Gasteiger partial charge in [0.05, 0.1) is 0 Å². The monoisotopic (exact) mass is 138 g/mol. The molecule has 1 atom stereocenters. The van der Waals surface area contributed by atoms with Gasteiger partial charge >= 0.3 is 0 Å². The summed E-state index contributed by atoms with van der Waals surface area (Å²) in [5.74, 6) is 7.01. The first-order chi connectivity index (χ1) is 4.81. The second-order valence-electron chi connectivity index (χ2n) is 2.76. The molecule has 0 aromatic heterocycles. The highest BCUT2D eigenvalue weighted by atomic mass is 14.0. The largest absolute Gasteiger partial charge is 0.103 e. The molecule has 0 heteroatoms. The molecule has 0 fully saturated rings. The summed E-state index contributed by atoms with van der Waals surface area (Å²) in [5, 5.41) is 0. The zero-order chi connectivity index (χ0) is 7.82. The molecule has 0 nitrogen and oxygen atoms in total. The Balaban J connectivity index is 3.37. The Morgan fingerprint density at radius 3 is 2.40 bits per heavy atom. The molecule has 0 aromatic rings. The fourth-order valence-electron chi connectivity index (χ4n) is 0.877. The Morgan fingerprint density at radius 2 is 1.90 bits per heavy atom. The van der Waals surface area contributed by atoms with E-state index in [0.29, 0.717) is 5.92 Å². The molecule has 0 aromatic carbocycles. The van der Waals surface area contributed by atoms with Crippen molar-refractivity contribution in [3.05, 3.63) is 0 Å². The molecule has 0 N–H and O–H groups in total. The lowest BCUT2D eigenvalue weighted by atomic mass is 10.1.